The van der Waals surface area contributed by atoms with E-state index in [1.54, 1.807) is 4.74 Å². The van der Waals surface area contributed by atoms with E-state index in [4.69, 9.17) is 0 Å². The maximum atomic E-state index is 13.0. The Morgan fingerprint density at radius 3 is 1.65 bits per heavy atom. The molecule has 0 aliphatic carbocycles. The molecule has 0 aliphatic rings. The first-order chi connectivity index (χ1) is 11.5. The number of ether oxygens (including phenoxy) is 3. The second kappa shape index (κ2) is 8.69. The van der Waals surface area contributed by atoms with E-state index in [0.29, 0.717) is 12.8 Å². The Morgan fingerprint density at radius 2 is 1.19 bits per heavy atom. The van der Waals surface area contributed by atoms with Crippen molar-refractivity contribution < 1.29 is 62.5 Å². The molecule has 0 aromatic carbocycles. The fourth-order valence-electron chi connectivity index (χ4n) is 1.24. The summed E-state index contributed by atoms with van der Waals surface area (Å²) >= 11 is 0. The monoisotopic (exact) mass is 414 g/mol. The van der Waals surface area contributed by atoms with Gasteiger partial charge in [-0.1, -0.05) is 6.08 Å². The van der Waals surface area contributed by atoms with Gasteiger partial charge in [-0.3, -0.25) is 0 Å². The predicted octanol–water partition coefficient (Wildman–Crippen LogP) is 5.33. The Labute approximate surface area is 139 Å². The lowest BCUT2D eigenvalue weighted by molar-refractivity contribution is -0.537. The van der Waals surface area contributed by atoms with Crippen molar-refractivity contribution in [2.45, 2.75) is 49.9 Å². The third-order valence-corrected chi connectivity index (χ3v) is 2.42. The van der Waals surface area contributed by atoms with Gasteiger partial charge in [-0.25, -0.2) is 9.47 Å². The first-order valence-corrected chi connectivity index (χ1v) is 6.64. The summed E-state index contributed by atoms with van der Waals surface area (Å²) in [7, 11) is 0. The van der Waals surface area contributed by atoms with Crippen molar-refractivity contribution >= 4 is 0 Å². The van der Waals surface area contributed by atoms with E-state index in [1.165, 1.54) is 6.08 Å². The molecule has 0 aromatic heterocycles. The largest absolute Gasteiger partial charge is 0.483 e. The van der Waals surface area contributed by atoms with Gasteiger partial charge >= 0.3 is 30.6 Å². The molecular weight excluding hydrogens is 401 g/mol. The molecule has 0 saturated heterocycles. The highest BCUT2D eigenvalue weighted by Crippen LogP contribution is 2.47. The minimum Gasteiger partial charge on any atom is -0.372 e. The molecule has 0 bridgehead atoms. The van der Waals surface area contributed by atoms with Crippen LogP contribution in [0.1, 0.15) is 19.3 Å². The number of unbranched alkanes of at least 4 members (excludes halogenated alkanes) is 2. The molecule has 156 valence electrons. The topological polar surface area (TPSA) is 27.7 Å². The lowest BCUT2D eigenvalue weighted by Crippen LogP contribution is -2.55. The van der Waals surface area contributed by atoms with Crippen LogP contribution in [0.5, 0.6) is 0 Å². The highest BCUT2D eigenvalue weighted by atomic mass is 19.4. The van der Waals surface area contributed by atoms with Gasteiger partial charge in [0.05, 0.1) is 0 Å². The Morgan fingerprint density at radius 1 is 0.692 bits per heavy atom. The van der Waals surface area contributed by atoms with Crippen molar-refractivity contribution in [2.75, 3.05) is 13.2 Å². The van der Waals surface area contributed by atoms with Crippen LogP contribution in [0.4, 0.5) is 48.3 Å². The number of halogens is 11. The zero-order chi connectivity index (χ0) is 20.9. The van der Waals surface area contributed by atoms with Gasteiger partial charge < -0.3 is 4.74 Å². The Balaban J connectivity index is 4.83. The van der Waals surface area contributed by atoms with Crippen LogP contribution < -0.4 is 0 Å². The summed E-state index contributed by atoms with van der Waals surface area (Å²) in [6, 6.07) is 0. The summed E-state index contributed by atoms with van der Waals surface area (Å²) < 4.78 is 146. The Bertz CT molecular complexity index is 448. The summed E-state index contributed by atoms with van der Waals surface area (Å²) in [6.07, 6.45) is -29.4. The van der Waals surface area contributed by atoms with E-state index in [1.807, 2.05) is 0 Å². The number of allylic oxidation sites excluding steroid dienone is 1. The summed E-state index contributed by atoms with van der Waals surface area (Å²) in [4.78, 5) is 0. The van der Waals surface area contributed by atoms with Gasteiger partial charge in [-0.2, -0.15) is 48.3 Å². The first kappa shape index (κ1) is 24.8. The quantitative estimate of drug-likeness (QED) is 0.246. The Hall–Kier alpha value is -1.15. The third-order valence-electron chi connectivity index (χ3n) is 2.42. The lowest BCUT2D eigenvalue weighted by atomic mass is 10.2. The maximum Gasteiger partial charge on any atom is 0.483 e. The zero-order valence-electron chi connectivity index (χ0n) is 12.7. The summed E-state index contributed by atoms with van der Waals surface area (Å²) in [5.41, 5.74) is 0. The first-order valence-electron chi connectivity index (χ1n) is 6.64. The van der Waals surface area contributed by atoms with E-state index < -0.39 is 43.8 Å². The molecule has 0 atom stereocenters. The van der Waals surface area contributed by atoms with Crippen molar-refractivity contribution in [3.05, 3.63) is 12.7 Å². The highest BCUT2D eigenvalue weighted by molar-refractivity contribution is 4.75. The molecule has 0 fully saturated rings. The number of rotatable bonds is 12. The van der Waals surface area contributed by atoms with Crippen molar-refractivity contribution in [3.8, 4) is 0 Å². The average molecular weight is 414 g/mol. The molecule has 0 saturated carbocycles. The van der Waals surface area contributed by atoms with Gasteiger partial charge in [-0.05, 0) is 19.3 Å². The molecule has 0 aliphatic heterocycles. The van der Waals surface area contributed by atoms with Crippen LogP contribution in [-0.2, 0) is 14.2 Å². The number of hydrogen-bond donors (Lipinski definition) is 0. The minimum absolute atomic E-state index is 0.162. The van der Waals surface area contributed by atoms with Crippen LogP contribution in [0.25, 0.3) is 0 Å². The molecule has 14 heteroatoms. The second-order valence-electron chi connectivity index (χ2n) is 4.73. The van der Waals surface area contributed by atoms with Crippen molar-refractivity contribution in [1.29, 1.82) is 0 Å². The van der Waals surface area contributed by atoms with Crippen LogP contribution >= 0.6 is 0 Å². The van der Waals surface area contributed by atoms with Gasteiger partial charge in [0.25, 0.3) is 0 Å². The Kier molecular flexibility index (Phi) is 8.31. The van der Waals surface area contributed by atoms with Crippen LogP contribution in [-0.4, -0.2) is 43.8 Å². The van der Waals surface area contributed by atoms with Crippen LogP contribution in [0, 0.1) is 0 Å². The minimum atomic E-state index is -6.80. The van der Waals surface area contributed by atoms with Gasteiger partial charge in [0.1, 0.15) is 6.61 Å². The van der Waals surface area contributed by atoms with E-state index in [0.717, 1.165) is 0 Å². The van der Waals surface area contributed by atoms with Crippen LogP contribution in [0.2, 0.25) is 0 Å². The summed E-state index contributed by atoms with van der Waals surface area (Å²) in [5.74, 6) is 0. The third kappa shape index (κ3) is 7.61. The number of hydrogen-bond acceptors (Lipinski definition) is 3. The summed E-state index contributed by atoms with van der Waals surface area (Å²) in [6.45, 7) is 0.948. The van der Waals surface area contributed by atoms with Crippen molar-refractivity contribution in [2.24, 2.45) is 0 Å². The maximum absolute atomic E-state index is 13.0. The molecule has 0 unspecified atom stereocenters. The molecule has 0 radical (unpaired) electrons. The lowest BCUT2D eigenvalue weighted by Gasteiger charge is -2.31. The van der Waals surface area contributed by atoms with Crippen LogP contribution in [0.15, 0.2) is 12.7 Å². The van der Waals surface area contributed by atoms with E-state index in [-0.39, 0.29) is 6.42 Å². The average Bonchev–Trinajstić information content (AvgIpc) is 2.38. The fraction of sp³-hybridized carbons (Fsp3) is 0.833. The predicted molar refractivity (Wildman–Crippen MR) is 62.9 cm³/mol. The van der Waals surface area contributed by atoms with Crippen LogP contribution in [0.3, 0.4) is 0 Å². The van der Waals surface area contributed by atoms with Crippen molar-refractivity contribution in [3.63, 3.8) is 0 Å². The molecule has 0 spiro atoms. The van der Waals surface area contributed by atoms with E-state index in [9.17, 15) is 48.3 Å². The fourth-order valence-corrected chi connectivity index (χ4v) is 1.24. The van der Waals surface area contributed by atoms with Gasteiger partial charge in [-0.15, -0.1) is 6.58 Å². The van der Waals surface area contributed by atoms with Gasteiger partial charge in [0.15, 0.2) is 0 Å². The molecule has 3 nitrogen and oxygen atoms in total. The standard InChI is InChI=1S/C12H13F11O3/c1-2-3-4-5-6-24-7-8(13,14)25-11(20,21)12(22,23)26-10(18,19)9(15,16)17/h2H,1,3-7H2. The smallest absolute Gasteiger partial charge is 0.372 e. The molecule has 26 heavy (non-hydrogen) atoms. The number of alkyl halides is 11. The molecular formula is C12H13F11O3. The summed E-state index contributed by atoms with van der Waals surface area (Å²) in [5, 5.41) is 0. The highest BCUT2D eigenvalue weighted by Gasteiger charge is 2.72. The molecule has 0 rings (SSSR count). The van der Waals surface area contributed by atoms with E-state index >= 15 is 0 Å². The molecule has 0 amide bonds. The second-order valence-corrected chi connectivity index (χ2v) is 4.73. The van der Waals surface area contributed by atoms with Gasteiger partial charge in [0, 0.05) is 6.61 Å². The zero-order valence-corrected chi connectivity index (χ0v) is 12.7. The molecule has 0 heterocycles. The van der Waals surface area contributed by atoms with E-state index in [2.05, 4.69) is 16.1 Å². The normalized spacial score (nSPS) is 14.6. The van der Waals surface area contributed by atoms with Gasteiger partial charge in [0.2, 0.25) is 0 Å². The van der Waals surface area contributed by atoms with Crippen molar-refractivity contribution in [1.82, 2.24) is 0 Å². The molecule has 0 N–H and O–H groups in total. The SMILES string of the molecule is C=CCCCCOCC(F)(F)OC(F)(F)C(F)(F)OC(F)(F)C(F)(F)F. The molecule has 0 aromatic rings.